The van der Waals surface area contributed by atoms with Crippen LogP contribution in [0.25, 0.3) is 28.1 Å². The molecule has 0 spiro atoms. The lowest BCUT2D eigenvalue weighted by atomic mass is 9.87. The van der Waals surface area contributed by atoms with Gasteiger partial charge in [-0.2, -0.15) is 22.7 Å². The fourth-order valence-corrected chi connectivity index (χ4v) is 3.46. The smallest absolute Gasteiger partial charge is 0.229 e. The molecule has 2 aromatic heterocycles. The van der Waals surface area contributed by atoms with E-state index in [1.54, 1.807) is 46.8 Å². The van der Waals surface area contributed by atoms with Crippen molar-refractivity contribution in [2.24, 2.45) is 7.05 Å². The summed E-state index contributed by atoms with van der Waals surface area (Å²) in [5.74, 6) is -1.15. The van der Waals surface area contributed by atoms with Crippen molar-refractivity contribution in [1.82, 2.24) is 14.5 Å². The Morgan fingerprint density at radius 3 is 2.23 bits per heavy atom. The zero-order valence-electron chi connectivity index (χ0n) is 17.2. The quantitative estimate of drug-likeness (QED) is 0.424. The second kappa shape index (κ2) is 6.93. The predicted molar refractivity (Wildman–Crippen MR) is 109 cm³/mol. The first kappa shape index (κ1) is 20.1. The summed E-state index contributed by atoms with van der Waals surface area (Å²) < 4.78 is 44.3. The van der Waals surface area contributed by atoms with Crippen LogP contribution in [0.4, 0.5) is 13.2 Å². The van der Waals surface area contributed by atoms with Crippen molar-refractivity contribution in [2.45, 2.75) is 32.4 Å². The van der Waals surface area contributed by atoms with E-state index in [-0.39, 0.29) is 16.8 Å². The third kappa shape index (κ3) is 3.56. The molecule has 0 saturated carbocycles. The Morgan fingerprint density at radius 2 is 1.60 bits per heavy atom. The molecule has 30 heavy (non-hydrogen) atoms. The molecule has 2 aromatic carbocycles. The number of benzene rings is 2. The first-order valence-electron chi connectivity index (χ1n) is 9.58. The van der Waals surface area contributed by atoms with Crippen molar-refractivity contribution in [3.05, 3.63) is 72.3 Å². The lowest BCUT2D eigenvalue weighted by Gasteiger charge is -2.19. The monoisotopic (exact) mass is 411 g/mol. The molecular formula is C23H22F3N4+. The van der Waals surface area contributed by atoms with Crippen LogP contribution in [0.2, 0.25) is 0 Å². The van der Waals surface area contributed by atoms with Gasteiger partial charge >= 0.3 is 6.18 Å². The van der Waals surface area contributed by atoms with Gasteiger partial charge in [0, 0.05) is 5.56 Å². The van der Waals surface area contributed by atoms with E-state index in [9.17, 15) is 13.2 Å². The van der Waals surface area contributed by atoms with Crippen LogP contribution in [0.15, 0.2) is 60.9 Å². The molecule has 7 heteroatoms. The van der Waals surface area contributed by atoms with Gasteiger partial charge in [-0.05, 0) is 23.1 Å². The van der Waals surface area contributed by atoms with E-state index < -0.39 is 12.0 Å². The minimum atomic E-state index is -4.65. The maximum atomic E-state index is 13.6. The average molecular weight is 411 g/mol. The number of fused-ring (bicyclic) bond motifs is 1. The molecule has 0 amide bonds. The van der Waals surface area contributed by atoms with Crippen LogP contribution in [-0.2, 0) is 18.6 Å². The second-order valence-corrected chi connectivity index (χ2v) is 8.33. The molecule has 0 fully saturated rings. The number of imidazole rings is 1. The number of alkyl halides is 3. The first-order valence-corrected chi connectivity index (χ1v) is 9.58. The van der Waals surface area contributed by atoms with Crippen molar-refractivity contribution >= 4 is 11.2 Å². The number of hydrogen-bond acceptors (Lipinski definition) is 2. The molecule has 0 aliphatic heterocycles. The molecule has 4 nitrogen and oxygen atoms in total. The van der Waals surface area contributed by atoms with Gasteiger partial charge in [0.1, 0.15) is 11.4 Å². The highest BCUT2D eigenvalue weighted by Gasteiger charge is 2.38. The van der Waals surface area contributed by atoms with Gasteiger partial charge in [-0.1, -0.05) is 63.2 Å². The van der Waals surface area contributed by atoms with Crippen LogP contribution in [0.5, 0.6) is 0 Å². The molecule has 0 atom stereocenters. The van der Waals surface area contributed by atoms with Gasteiger partial charge in [-0.15, -0.1) is 0 Å². The van der Waals surface area contributed by atoms with Crippen LogP contribution < -0.4 is 4.57 Å². The lowest BCUT2D eigenvalue weighted by molar-refractivity contribution is -0.645. The summed E-state index contributed by atoms with van der Waals surface area (Å²) in [6, 6.07) is 16.6. The van der Waals surface area contributed by atoms with Gasteiger partial charge in [0.25, 0.3) is 12.0 Å². The molecular weight excluding hydrogens is 389 g/mol. The molecule has 0 N–H and O–H groups in total. The Kier molecular flexibility index (Phi) is 4.64. The maximum absolute atomic E-state index is 13.6. The number of aryl methyl sites for hydroxylation is 1. The summed E-state index contributed by atoms with van der Waals surface area (Å²) in [4.78, 5) is 7.82. The summed E-state index contributed by atoms with van der Waals surface area (Å²) in [5, 5.41) is 0. The molecule has 0 radical (unpaired) electrons. The third-order valence-electron chi connectivity index (χ3n) is 5.03. The SMILES string of the molecule is C[n+]1cn(-c2cccc(C(C)(C)C)c2)c2nc(C(F)(F)F)nc(-c3ccccc3)c21. The van der Waals surface area contributed by atoms with Gasteiger partial charge in [-0.25, -0.2) is 9.55 Å². The van der Waals surface area contributed by atoms with E-state index in [0.29, 0.717) is 11.1 Å². The summed E-state index contributed by atoms with van der Waals surface area (Å²) in [5.41, 5.74) is 3.34. The molecule has 0 bridgehead atoms. The van der Waals surface area contributed by atoms with Crippen LogP contribution in [0.3, 0.4) is 0 Å². The molecule has 0 unspecified atom stereocenters. The summed E-state index contributed by atoms with van der Waals surface area (Å²) in [6.45, 7) is 6.28. The normalized spacial score (nSPS) is 12.5. The predicted octanol–water partition coefficient (Wildman–Crippen LogP) is 5.23. The van der Waals surface area contributed by atoms with Crippen molar-refractivity contribution in [3.63, 3.8) is 0 Å². The fraction of sp³-hybridized carbons (Fsp3) is 0.261. The number of rotatable bonds is 2. The first-order chi connectivity index (χ1) is 14.1. The van der Waals surface area contributed by atoms with Gasteiger partial charge < -0.3 is 0 Å². The Hall–Kier alpha value is -3.22. The van der Waals surface area contributed by atoms with Crippen LogP contribution in [-0.4, -0.2) is 14.5 Å². The Labute approximate surface area is 172 Å². The zero-order chi connectivity index (χ0) is 21.7. The highest BCUT2D eigenvalue weighted by atomic mass is 19.4. The topological polar surface area (TPSA) is 34.6 Å². The van der Waals surface area contributed by atoms with Crippen molar-refractivity contribution < 1.29 is 17.7 Å². The van der Waals surface area contributed by atoms with Crippen molar-refractivity contribution in [1.29, 1.82) is 0 Å². The fourth-order valence-electron chi connectivity index (χ4n) is 3.46. The summed E-state index contributed by atoms with van der Waals surface area (Å²) in [6.07, 6.45) is -2.91. The number of nitrogens with zero attached hydrogens (tertiary/aromatic N) is 4. The van der Waals surface area contributed by atoms with Crippen LogP contribution >= 0.6 is 0 Å². The van der Waals surface area contributed by atoms with Gasteiger partial charge in [-0.3, -0.25) is 0 Å². The third-order valence-corrected chi connectivity index (χ3v) is 5.03. The number of aromatic nitrogens is 4. The maximum Gasteiger partial charge on any atom is 0.451 e. The Balaban J connectivity index is 2.05. The van der Waals surface area contributed by atoms with E-state index >= 15 is 0 Å². The molecule has 0 aliphatic carbocycles. The number of hydrogen-bond donors (Lipinski definition) is 0. The Morgan fingerprint density at radius 1 is 0.900 bits per heavy atom. The van der Waals surface area contributed by atoms with Crippen LogP contribution in [0.1, 0.15) is 32.2 Å². The number of halogens is 3. The minimum absolute atomic E-state index is 0.0948. The van der Waals surface area contributed by atoms with E-state index in [1.165, 1.54) is 0 Å². The zero-order valence-corrected chi connectivity index (χ0v) is 17.2. The molecule has 154 valence electrons. The molecule has 4 aromatic rings. The van der Waals surface area contributed by atoms with E-state index in [1.807, 2.05) is 30.3 Å². The highest BCUT2D eigenvalue weighted by Crippen LogP contribution is 2.32. The van der Waals surface area contributed by atoms with Gasteiger partial charge in [0.05, 0.1) is 7.05 Å². The molecule has 4 rings (SSSR count). The average Bonchev–Trinajstić information content (AvgIpc) is 3.04. The summed E-state index contributed by atoms with van der Waals surface area (Å²) in [7, 11) is 1.79. The largest absolute Gasteiger partial charge is 0.451 e. The molecule has 0 saturated heterocycles. The lowest BCUT2D eigenvalue weighted by Crippen LogP contribution is -2.27. The van der Waals surface area contributed by atoms with Gasteiger partial charge in [0.15, 0.2) is 0 Å². The van der Waals surface area contributed by atoms with Gasteiger partial charge in [0.2, 0.25) is 11.3 Å². The minimum Gasteiger partial charge on any atom is -0.229 e. The van der Waals surface area contributed by atoms with E-state index in [0.717, 1.165) is 11.3 Å². The standard InChI is InChI=1S/C23H22F3N4/c1-22(2,3)16-11-8-12-17(13-16)30-14-29(4)19-18(15-9-6-5-7-10-15)27-21(23(24,25)26)28-20(19)30/h5-14H,1-4H3/q+1. The molecule has 0 aliphatic rings. The Bertz CT molecular complexity index is 1220. The highest BCUT2D eigenvalue weighted by molar-refractivity contribution is 5.85. The van der Waals surface area contributed by atoms with Crippen LogP contribution in [0, 0.1) is 0 Å². The van der Waals surface area contributed by atoms with Crippen molar-refractivity contribution in [3.8, 4) is 16.9 Å². The summed E-state index contributed by atoms with van der Waals surface area (Å²) >= 11 is 0. The van der Waals surface area contributed by atoms with E-state index in [2.05, 4.69) is 30.7 Å². The molecule has 2 heterocycles. The second-order valence-electron chi connectivity index (χ2n) is 8.33. The van der Waals surface area contributed by atoms with E-state index in [4.69, 9.17) is 0 Å². The van der Waals surface area contributed by atoms with Crippen molar-refractivity contribution in [2.75, 3.05) is 0 Å².